The van der Waals surface area contributed by atoms with Crippen molar-refractivity contribution >= 4 is 33.8 Å². The van der Waals surface area contributed by atoms with E-state index in [1.54, 1.807) is 6.07 Å². The number of hydrogen-bond acceptors (Lipinski definition) is 6. The van der Waals surface area contributed by atoms with Gasteiger partial charge in [0.05, 0.1) is 10.5 Å². The van der Waals surface area contributed by atoms with Gasteiger partial charge in [0.15, 0.2) is 12.4 Å². The third-order valence-electron chi connectivity index (χ3n) is 4.34. The van der Waals surface area contributed by atoms with Crippen molar-refractivity contribution in [2.45, 2.75) is 32.1 Å². The highest BCUT2D eigenvalue weighted by Crippen LogP contribution is 2.37. The lowest BCUT2D eigenvalue weighted by Crippen LogP contribution is -2.22. The smallest absolute Gasteiger partial charge is 0.310 e. The van der Waals surface area contributed by atoms with Crippen molar-refractivity contribution < 1.29 is 19.2 Å². The van der Waals surface area contributed by atoms with E-state index in [1.807, 2.05) is 0 Å². The Kier molecular flexibility index (Phi) is 5.70. The lowest BCUT2D eigenvalue weighted by molar-refractivity contribution is -0.385. The molecule has 8 nitrogen and oxygen atoms in total. The number of anilines is 1. The Morgan fingerprint density at radius 1 is 1.22 bits per heavy atom. The molecule has 0 saturated carbocycles. The molecule has 27 heavy (non-hydrogen) atoms. The zero-order valence-electron chi connectivity index (χ0n) is 14.5. The normalized spacial score (nSPS) is 13.3. The lowest BCUT2D eigenvalue weighted by Gasteiger charge is -2.08. The first-order valence-electron chi connectivity index (χ1n) is 8.57. The number of ether oxygens (including phenoxy) is 1. The topological polar surface area (TPSA) is 125 Å². The minimum atomic E-state index is -0.575. The van der Waals surface area contributed by atoms with Gasteiger partial charge in [-0.25, -0.2) is 0 Å². The molecule has 3 rings (SSSR count). The fourth-order valence-electron chi connectivity index (χ4n) is 3.13. The lowest BCUT2D eigenvalue weighted by atomic mass is 10.1. The van der Waals surface area contributed by atoms with Gasteiger partial charge < -0.3 is 15.8 Å². The summed E-state index contributed by atoms with van der Waals surface area (Å²) >= 11 is 1.37. The maximum Gasteiger partial charge on any atom is 0.310 e. The zero-order chi connectivity index (χ0) is 19.4. The van der Waals surface area contributed by atoms with Crippen LogP contribution in [0.3, 0.4) is 0 Å². The number of nitrogens with zero attached hydrogens (tertiary/aromatic N) is 1. The summed E-state index contributed by atoms with van der Waals surface area (Å²) < 4.78 is 5.29. The van der Waals surface area contributed by atoms with Gasteiger partial charge in [0.25, 0.3) is 11.8 Å². The van der Waals surface area contributed by atoms with Crippen LogP contribution in [0.25, 0.3) is 0 Å². The van der Waals surface area contributed by atoms with Gasteiger partial charge in [0.1, 0.15) is 5.00 Å². The summed E-state index contributed by atoms with van der Waals surface area (Å²) in [5, 5.41) is 14.1. The quantitative estimate of drug-likeness (QED) is 0.446. The Morgan fingerprint density at radius 3 is 2.70 bits per heavy atom. The summed E-state index contributed by atoms with van der Waals surface area (Å²) in [6, 6.07) is 5.83. The van der Waals surface area contributed by atoms with Crippen molar-refractivity contribution in [1.82, 2.24) is 0 Å². The Balaban J connectivity index is 1.73. The summed E-state index contributed by atoms with van der Waals surface area (Å²) in [6.07, 6.45) is 4.76. The van der Waals surface area contributed by atoms with E-state index < -0.39 is 23.3 Å². The van der Waals surface area contributed by atoms with Crippen LogP contribution in [0, 0.1) is 10.1 Å². The van der Waals surface area contributed by atoms with E-state index >= 15 is 0 Å². The summed E-state index contributed by atoms with van der Waals surface area (Å²) in [5.74, 6) is -1.06. The van der Waals surface area contributed by atoms with E-state index in [1.165, 1.54) is 29.5 Å². The van der Waals surface area contributed by atoms with Crippen molar-refractivity contribution in [1.29, 1.82) is 0 Å². The van der Waals surface area contributed by atoms with E-state index in [-0.39, 0.29) is 11.4 Å². The number of primary amides is 1. The molecular weight excluding hydrogens is 370 g/mol. The van der Waals surface area contributed by atoms with E-state index in [0.29, 0.717) is 10.6 Å². The predicted octanol–water partition coefficient (Wildman–Crippen LogP) is 3.04. The number of nitro benzene ring substituents is 1. The molecule has 0 saturated heterocycles. The Bertz CT molecular complexity index is 893. The van der Waals surface area contributed by atoms with E-state index in [2.05, 4.69) is 5.32 Å². The number of aryl methyl sites for hydroxylation is 1. The molecule has 2 amide bonds. The van der Waals surface area contributed by atoms with Crippen LogP contribution in [0.5, 0.6) is 5.75 Å². The molecule has 0 radical (unpaired) electrons. The average molecular weight is 389 g/mol. The highest BCUT2D eigenvalue weighted by atomic mass is 32.1. The van der Waals surface area contributed by atoms with Crippen LogP contribution in [-0.4, -0.2) is 23.3 Å². The van der Waals surface area contributed by atoms with Crippen molar-refractivity contribution in [3.8, 4) is 5.75 Å². The fourth-order valence-corrected chi connectivity index (χ4v) is 4.44. The number of nitrogens with two attached hydrogens (primary N) is 1. The highest BCUT2D eigenvalue weighted by Gasteiger charge is 2.24. The average Bonchev–Trinajstić information content (AvgIpc) is 2.81. The first-order valence-corrected chi connectivity index (χ1v) is 9.39. The molecule has 0 bridgehead atoms. The number of fused-ring (bicyclic) bond motifs is 1. The SMILES string of the molecule is NC(=O)c1c(NC(=O)COc2ccccc2[N+](=O)[O-])sc2c1CCCCC2. The van der Waals surface area contributed by atoms with Crippen molar-refractivity contribution in [2.24, 2.45) is 5.73 Å². The van der Waals surface area contributed by atoms with Crippen LogP contribution in [-0.2, 0) is 17.6 Å². The predicted molar refractivity (Wildman–Crippen MR) is 101 cm³/mol. The van der Waals surface area contributed by atoms with Gasteiger partial charge >= 0.3 is 5.69 Å². The van der Waals surface area contributed by atoms with Crippen LogP contribution >= 0.6 is 11.3 Å². The summed E-state index contributed by atoms with van der Waals surface area (Å²) in [5.41, 5.74) is 6.62. The molecule has 1 aromatic heterocycles. The highest BCUT2D eigenvalue weighted by molar-refractivity contribution is 7.17. The molecule has 1 aromatic carbocycles. The van der Waals surface area contributed by atoms with Crippen LogP contribution in [0.1, 0.15) is 40.1 Å². The Hall–Kier alpha value is -2.94. The molecule has 9 heteroatoms. The van der Waals surface area contributed by atoms with Crippen LogP contribution in [0.2, 0.25) is 0 Å². The minimum absolute atomic E-state index is 0.00902. The van der Waals surface area contributed by atoms with Crippen molar-refractivity contribution in [3.63, 3.8) is 0 Å². The van der Waals surface area contributed by atoms with Crippen LogP contribution < -0.4 is 15.8 Å². The second kappa shape index (κ2) is 8.17. The monoisotopic (exact) mass is 389 g/mol. The summed E-state index contributed by atoms with van der Waals surface area (Å²) in [4.78, 5) is 35.7. The first kappa shape index (κ1) is 18.8. The van der Waals surface area contributed by atoms with E-state index in [9.17, 15) is 19.7 Å². The van der Waals surface area contributed by atoms with Gasteiger partial charge in [-0.2, -0.15) is 0 Å². The number of thiophene rings is 1. The standard InChI is InChI=1S/C18H19N3O5S/c19-17(23)16-11-6-2-1-3-9-14(11)27-18(16)20-15(22)10-26-13-8-5-4-7-12(13)21(24)25/h4-5,7-8H,1-3,6,9-10H2,(H2,19,23)(H,20,22). The zero-order valence-corrected chi connectivity index (χ0v) is 15.3. The molecule has 0 fully saturated rings. The van der Waals surface area contributed by atoms with Gasteiger partial charge in [-0.15, -0.1) is 11.3 Å². The van der Waals surface area contributed by atoms with Gasteiger partial charge in [-0.05, 0) is 37.3 Å². The molecular formula is C18H19N3O5S. The maximum absolute atomic E-state index is 12.3. The molecule has 1 aliphatic carbocycles. The fraction of sp³-hybridized carbons (Fsp3) is 0.333. The van der Waals surface area contributed by atoms with Crippen molar-refractivity contribution in [2.75, 3.05) is 11.9 Å². The van der Waals surface area contributed by atoms with E-state index in [0.717, 1.165) is 42.5 Å². The number of benzene rings is 1. The van der Waals surface area contributed by atoms with Crippen LogP contribution in [0.4, 0.5) is 10.7 Å². The molecule has 2 aromatic rings. The molecule has 0 unspecified atom stereocenters. The first-order chi connectivity index (χ1) is 13.0. The number of nitrogens with one attached hydrogen (secondary N) is 1. The number of rotatable bonds is 6. The van der Waals surface area contributed by atoms with Gasteiger partial charge in [-0.3, -0.25) is 19.7 Å². The number of nitro groups is 1. The van der Waals surface area contributed by atoms with E-state index in [4.69, 9.17) is 10.5 Å². The van der Waals surface area contributed by atoms with Gasteiger partial charge in [0, 0.05) is 10.9 Å². The molecule has 142 valence electrons. The number of hydrogen-bond donors (Lipinski definition) is 2. The molecule has 0 spiro atoms. The molecule has 3 N–H and O–H groups in total. The Labute approximate surface area is 159 Å². The Morgan fingerprint density at radius 2 is 1.96 bits per heavy atom. The molecule has 0 aliphatic heterocycles. The van der Waals surface area contributed by atoms with Gasteiger partial charge in [0.2, 0.25) is 0 Å². The van der Waals surface area contributed by atoms with Crippen LogP contribution in [0.15, 0.2) is 24.3 Å². The largest absolute Gasteiger partial charge is 0.477 e. The summed E-state index contributed by atoms with van der Waals surface area (Å²) in [6.45, 7) is -0.411. The summed E-state index contributed by atoms with van der Waals surface area (Å²) in [7, 11) is 0. The molecule has 0 atom stereocenters. The number of amides is 2. The molecule has 1 aliphatic rings. The number of carbonyl (C=O) groups is 2. The van der Waals surface area contributed by atoms with Crippen molar-refractivity contribution in [3.05, 3.63) is 50.4 Å². The number of carbonyl (C=O) groups excluding carboxylic acids is 2. The second-order valence-electron chi connectivity index (χ2n) is 6.19. The third-order valence-corrected chi connectivity index (χ3v) is 5.55. The molecule has 1 heterocycles. The maximum atomic E-state index is 12.3. The minimum Gasteiger partial charge on any atom is -0.477 e. The number of para-hydroxylation sites is 2. The second-order valence-corrected chi connectivity index (χ2v) is 7.30. The van der Waals surface area contributed by atoms with Gasteiger partial charge in [-0.1, -0.05) is 18.6 Å². The third kappa shape index (κ3) is 4.25.